The van der Waals surface area contributed by atoms with Gasteiger partial charge in [-0.2, -0.15) is 5.10 Å². The molecule has 0 spiro atoms. The molecule has 7 heteroatoms. The van der Waals surface area contributed by atoms with E-state index < -0.39 is 0 Å². The molecule has 6 nitrogen and oxygen atoms in total. The van der Waals surface area contributed by atoms with Crippen molar-refractivity contribution in [2.45, 2.75) is 13.0 Å². The van der Waals surface area contributed by atoms with Crippen LogP contribution in [0.2, 0.25) is 0 Å². The number of rotatable bonds is 5. The predicted octanol–water partition coefficient (Wildman–Crippen LogP) is 3.53. The van der Waals surface area contributed by atoms with Gasteiger partial charge in [0.2, 0.25) is 0 Å². The van der Waals surface area contributed by atoms with Crippen LogP contribution >= 0.6 is 15.9 Å². The first-order chi connectivity index (χ1) is 12.1. The van der Waals surface area contributed by atoms with Gasteiger partial charge in [-0.25, -0.2) is 9.67 Å². The summed E-state index contributed by atoms with van der Waals surface area (Å²) in [7, 11) is 1.59. The van der Waals surface area contributed by atoms with Crippen molar-refractivity contribution in [3.8, 4) is 11.4 Å². The lowest BCUT2D eigenvalue weighted by atomic mass is 10.1. The maximum Gasteiger partial charge on any atom is 0.251 e. The Morgan fingerprint density at radius 3 is 2.60 bits per heavy atom. The molecule has 1 atom stereocenters. The lowest BCUT2D eigenvalue weighted by molar-refractivity contribution is 0.0940. The van der Waals surface area contributed by atoms with E-state index >= 15 is 0 Å². The van der Waals surface area contributed by atoms with Crippen LogP contribution in [0.1, 0.15) is 28.9 Å². The normalized spacial score (nSPS) is 11.8. The fraction of sp³-hybridized carbons (Fsp3) is 0.167. The van der Waals surface area contributed by atoms with E-state index in [1.54, 1.807) is 36.3 Å². The molecule has 1 N–H and O–H groups in total. The molecule has 0 radical (unpaired) electrons. The molecule has 0 saturated carbocycles. The Balaban J connectivity index is 1.70. The monoisotopic (exact) mass is 400 g/mol. The van der Waals surface area contributed by atoms with Gasteiger partial charge in [0.1, 0.15) is 18.4 Å². The van der Waals surface area contributed by atoms with Crippen LogP contribution in [0, 0.1) is 0 Å². The molecule has 3 aromatic rings. The minimum Gasteiger partial charge on any atom is -0.496 e. The summed E-state index contributed by atoms with van der Waals surface area (Å²) < 4.78 is 7.61. The van der Waals surface area contributed by atoms with E-state index in [-0.39, 0.29) is 11.9 Å². The molecule has 1 heterocycles. The zero-order valence-electron chi connectivity index (χ0n) is 13.8. The van der Waals surface area contributed by atoms with E-state index in [1.165, 1.54) is 6.33 Å². The Kier molecular flexibility index (Phi) is 5.14. The van der Waals surface area contributed by atoms with E-state index in [0.717, 1.165) is 15.7 Å². The van der Waals surface area contributed by atoms with E-state index in [2.05, 4.69) is 31.3 Å². The van der Waals surface area contributed by atoms with Gasteiger partial charge in [-0.05, 0) is 58.7 Å². The van der Waals surface area contributed by atoms with Crippen LogP contribution < -0.4 is 10.1 Å². The number of carbonyl (C=O) groups excluding carboxylic acids is 1. The molecule has 0 aliphatic heterocycles. The number of halogens is 1. The highest BCUT2D eigenvalue weighted by Crippen LogP contribution is 2.26. The van der Waals surface area contributed by atoms with Crippen molar-refractivity contribution in [2.75, 3.05) is 7.11 Å². The first-order valence-corrected chi connectivity index (χ1v) is 8.47. The Bertz CT molecular complexity index is 863. The zero-order chi connectivity index (χ0) is 17.8. The molecule has 0 aliphatic rings. The summed E-state index contributed by atoms with van der Waals surface area (Å²) in [4.78, 5) is 16.4. The van der Waals surface area contributed by atoms with Crippen LogP contribution in [-0.4, -0.2) is 27.8 Å². The quantitative estimate of drug-likeness (QED) is 0.710. The maximum atomic E-state index is 12.4. The average Bonchev–Trinajstić information content (AvgIpc) is 3.16. The van der Waals surface area contributed by atoms with E-state index in [0.29, 0.717) is 11.3 Å². The summed E-state index contributed by atoms with van der Waals surface area (Å²) >= 11 is 3.40. The highest BCUT2D eigenvalue weighted by atomic mass is 79.9. The number of hydrogen-bond acceptors (Lipinski definition) is 4. The molecule has 3 rings (SSSR count). The molecule has 0 unspecified atom stereocenters. The summed E-state index contributed by atoms with van der Waals surface area (Å²) in [6.07, 6.45) is 3.13. The Labute approximate surface area is 154 Å². The summed E-state index contributed by atoms with van der Waals surface area (Å²) in [5.74, 6) is 0.546. The van der Waals surface area contributed by atoms with Gasteiger partial charge in [-0.1, -0.05) is 12.1 Å². The van der Waals surface area contributed by atoms with Crippen molar-refractivity contribution in [1.82, 2.24) is 20.1 Å². The second-order valence-corrected chi connectivity index (χ2v) is 6.33. The molecule has 1 amide bonds. The molecule has 0 fully saturated rings. The van der Waals surface area contributed by atoms with Gasteiger partial charge in [0, 0.05) is 5.56 Å². The number of benzene rings is 2. The van der Waals surface area contributed by atoms with Crippen LogP contribution in [0.5, 0.6) is 5.75 Å². The van der Waals surface area contributed by atoms with E-state index in [1.807, 2.05) is 31.2 Å². The van der Waals surface area contributed by atoms with Gasteiger partial charge >= 0.3 is 0 Å². The third-order valence-electron chi connectivity index (χ3n) is 3.84. The van der Waals surface area contributed by atoms with Crippen molar-refractivity contribution < 1.29 is 9.53 Å². The summed E-state index contributed by atoms with van der Waals surface area (Å²) in [6.45, 7) is 1.95. The first-order valence-electron chi connectivity index (χ1n) is 7.68. The molecule has 0 aliphatic carbocycles. The number of aromatic nitrogens is 3. The average molecular weight is 401 g/mol. The minimum atomic E-state index is -0.142. The SMILES string of the molecule is COc1ccc(C(=O)N[C@@H](C)c2ccc(-n3cncn3)cc2)cc1Br. The smallest absolute Gasteiger partial charge is 0.251 e. The molecular formula is C18H17BrN4O2. The largest absolute Gasteiger partial charge is 0.496 e. The molecule has 25 heavy (non-hydrogen) atoms. The van der Waals surface area contributed by atoms with Gasteiger partial charge < -0.3 is 10.1 Å². The molecule has 128 valence electrons. The third kappa shape index (κ3) is 3.88. The number of nitrogens with one attached hydrogen (secondary N) is 1. The van der Waals surface area contributed by atoms with Crippen LogP contribution in [0.4, 0.5) is 0 Å². The van der Waals surface area contributed by atoms with Crippen LogP contribution in [0.3, 0.4) is 0 Å². The van der Waals surface area contributed by atoms with Gasteiger partial charge in [0.05, 0.1) is 23.3 Å². The number of amides is 1. The zero-order valence-corrected chi connectivity index (χ0v) is 15.4. The van der Waals surface area contributed by atoms with E-state index in [9.17, 15) is 4.79 Å². The fourth-order valence-electron chi connectivity index (χ4n) is 2.43. The second-order valence-electron chi connectivity index (χ2n) is 5.48. The number of carbonyl (C=O) groups is 1. The fourth-order valence-corrected chi connectivity index (χ4v) is 2.97. The standard InChI is InChI=1S/C18H17BrN4O2/c1-12(13-3-6-15(7-4-13)23-11-20-10-21-23)22-18(24)14-5-8-17(25-2)16(19)9-14/h3-12H,1-2H3,(H,22,24)/t12-/m0/s1. The van der Waals surface area contributed by atoms with E-state index in [4.69, 9.17) is 4.74 Å². The first kappa shape index (κ1) is 17.2. The second kappa shape index (κ2) is 7.48. The van der Waals surface area contributed by atoms with Crippen molar-refractivity contribution in [1.29, 1.82) is 0 Å². The van der Waals surface area contributed by atoms with Gasteiger partial charge in [0.25, 0.3) is 5.91 Å². The number of methoxy groups -OCH3 is 1. The topological polar surface area (TPSA) is 69.0 Å². The van der Waals surface area contributed by atoms with Crippen LogP contribution in [0.15, 0.2) is 59.6 Å². The van der Waals surface area contributed by atoms with Crippen LogP contribution in [0.25, 0.3) is 5.69 Å². The Morgan fingerprint density at radius 1 is 1.24 bits per heavy atom. The summed E-state index contributed by atoms with van der Waals surface area (Å²) in [6, 6.07) is 12.9. The van der Waals surface area contributed by atoms with Gasteiger partial charge in [0.15, 0.2) is 0 Å². The van der Waals surface area contributed by atoms with Crippen LogP contribution in [-0.2, 0) is 0 Å². The summed E-state index contributed by atoms with van der Waals surface area (Å²) in [5, 5.41) is 7.09. The molecule has 1 aromatic heterocycles. The predicted molar refractivity (Wildman–Crippen MR) is 97.9 cm³/mol. The lowest BCUT2D eigenvalue weighted by Crippen LogP contribution is -2.26. The minimum absolute atomic E-state index is 0.127. The molecule has 0 saturated heterocycles. The summed E-state index contributed by atoms with van der Waals surface area (Å²) in [5.41, 5.74) is 2.49. The molecule has 0 bridgehead atoms. The maximum absolute atomic E-state index is 12.4. The highest BCUT2D eigenvalue weighted by Gasteiger charge is 2.13. The number of nitrogens with zero attached hydrogens (tertiary/aromatic N) is 3. The Hall–Kier alpha value is -2.67. The van der Waals surface area contributed by atoms with Crippen molar-refractivity contribution in [3.63, 3.8) is 0 Å². The highest BCUT2D eigenvalue weighted by molar-refractivity contribution is 9.10. The lowest BCUT2D eigenvalue weighted by Gasteiger charge is -2.15. The van der Waals surface area contributed by atoms with Crippen molar-refractivity contribution in [2.24, 2.45) is 0 Å². The third-order valence-corrected chi connectivity index (χ3v) is 4.46. The van der Waals surface area contributed by atoms with Crippen molar-refractivity contribution in [3.05, 3.63) is 70.7 Å². The Morgan fingerprint density at radius 2 is 2.00 bits per heavy atom. The van der Waals surface area contributed by atoms with Gasteiger partial charge in [-0.15, -0.1) is 0 Å². The number of hydrogen-bond donors (Lipinski definition) is 1. The molecule has 2 aromatic carbocycles. The number of ether oxygens (including phenoxy) is 1. The van der Waals surface area contributed by atoms with Gasteiger partial charge in [-0.3, -0.25) is 4.79 Å². The van der Waals surface area contributed by atoms with Crippen molar-refractivity contribution >= 4 is 21.8 Å². The molecular weight excluding hydrogens is 384 g/mol.